The summed E-state index contributed by atoms with van der Waals surface area (Å²) < 4.78 is 27.4. The zero-order valence-electron chi connectivity index (χ0n) is 16.3. The zero-order valence-corrected chi connectivity index (χ0v) is 18.0. The summed E-state index contributed by atoms with van der Waals surface area (Å²) in [5, 5.41) is 4.23. The van der Waals surface area contributed by atoms with E-state index in [1.807, 2.05) is 18.7 Å². The fourth-order valence-corrected chi connectivity index (χ4v) is 4.99. The normalized spacial score (nSPS) is 15.7. The maximum atomic E-state index is 12.4. The third-order valence-corrected chi connectivity index (χ3v) is 7.32. The molecule has 1 N–H and O–H groups in total. The lowest BCUT2D eigenvalue weighted by molar-refractivity contribution is -0.132. The van der Waals surface area contributed by atoms with E-state index in [4.69, 9.17) is 0 Å². The van der Waals surface area contributed by atoms with E-state index < -0.39 is 10.0 Å². The van der Waals surface area contributed by atoms with E-state index in [-0.39, 0.29) is 23.8 Å². The van der Waals surface area contributed by atoms with Gasteiger partial charge in [-0.05, 0) is 59.5 Å². The van der Waals surface area contributed by atoms with Crippen LogP contribution in [0.25, 0.3) is 0 Å². The highest BCUT2D eigenvalue weighted by Crippen LogP contribution is 2.15. The van der Waals surface area contributed by atoms with Gasteiger partial charge in [-0.2, -0.15) is 11.3 Å². The van der Waals surface area contributed by atoms with Crippen molar-refractivity contribution in [3.8, 4) is 0 Å². The van der Waals surface area contributed by atoms with Crippen molar-refractivity contribution < 1.29 is 13.2 Å². The molecule has 0 unspecified atom stereocenters. The van der Waals surface area contributed by atoms with Gasteiger partial charge in [-0.25, -0.2) is 13.1 Å². The Morgan fingerprint density at radius 2 is 1.86 bits per heavy atom. The molecule has 0 saturated carbocycles. The molecular formula is C20H27N3O3S2. The lowest BCUT2D eigenvalue weighted by Gasteiger charge is -2.34. The average molecular weight is 422 g/mol. The molecule has 1 aromatic carbocycles. The first-order valence-electron chi connectivity index (χ1n) is 9.43. The van der Waals surface area contributed by atoms with Gasteiger partial charge >= 0.3 is 0 Å². The minimum atomic E-state index is -3.59. The third kappa shape index (κ3) is 5.41. The van der Waals surface area contributed by atoms with Gasteiger partial charge in [0.25, 0.3) is 0 Å². The van der Waals surface area contributed by atoms with Gasteiger partial charge in [0.05, 0.1) is 4.90 Å². The highest BCUT2D eigenvalue weighted by molar-refractivity contribution is 7.89. The lowest BCUT2D eigenvalue weighted by Crippen LogP contribution is -2.48. The number of carbonyl (C=O) groups excluding carboxylic acids is 1. The van der Waals surface area contributed by atoms with Crippen molar-refractivity contribution in [1.29, 1.82) is 0 Å². The molecule has 8 heteroatoms. The van der Waals surface area contributed by atoms with E-state index in [1.165, 1.54) is 5.56 Å². The smallest absolute Gasteiger partial charge is 0.240 e. The van der Waals surface area contributed by atoms with Crippen LogP contribution in [0.3, 0.4) is 0 Å². The Hall–Kier alpha value is -1.74. The van der Waals surface area contributed by atoms with Crippen LogP contribution in [0.4, 0.5) is 0 Å². The molecule has 0 aliphatic carbocycles. The summed E-state index contributed by atoms with van der Waals surface area (Å²) in [4.78, 5) is 16.8. The zero-order chi connectivity index (χ0) is 20.1. The molecular weight excluding hydrogens is 394 g/mol. The number of hydrogen-bond donors (Lipinski definition) is 1. The molecule has 1 aromatic heterocycles. The first-order chi connectivity index (χ1) is 13.3. The predicted octanol–water partition coefficient (Wildman–Crippen LogP) is 2.38. The van der Waals surface area contributed by atoms with Crippen LogP contribution >= 0.6 is 11.3 Å². The van der Waals surface area contributed by atoms with Gasteiger partial charge in [-0.15, -0.1) is 0 Å². The van der Waals surface area contributed by atoms with Crippen LogP contribution in [0, 0.1) is 13.8 Å². The number of rotatable bonds is 7. The Labute approximate surface area is 171 Å². The second-order valence-corrected chi connectivity index (χ2v) is 9.73. The quantitative estimate of drug-likeness (QED) is 0.745. The summed E-state index contributed by atoms with van der Waals surface area (Å²) in [6.45, 7) is 7.92. The monoisotopic (exact) mass is 421 g/mol. The van der Waals surface area contributed by atoms with Crippen LogP contribution < -0.4 is 4.72 Å². The Balaban J connectivity index is 1.43. The topological polar surface area (TPSA) is 69.7 Å². The van der Waals surface area contributed by atoms with Gasteiger partial charge in [0, 0.05) is 45.7 Å². The summed E-state index contributed by atoms with van der Waals surface area (Å²) >= 11 is 1.70. The highest BCUT2D eigenvalue weighted by Gasteiger charge is 2.22. The molecule has 152 valence electrons. The van der Waals surface area contributed by atoms with Gasteiger partial charge in [0.1, 0.15) is 0 Å². The fourth-order valence-electron chi connectivity index (χ4n) is 3.21. The van der Waals surface area contributed by atoms with Crippen molar-refractivity contribution in [1.82, 2.24) is 14.5 Å². The second-order valence-electron chi connectivity index (χ2n) is 7.18. The van der Waals surface area contributed by atoms with Crippen molar-refractivity contribution in [2.75, 3.05) is 32.7 Å². The minimum Gasteiger partial charge on any atom is -0.340 e. The lowest BCUT2D eigenvalue weighted by atomic mass is 10.1. The largest absolute Gasteiger partial charge is 0.340 e. The summed E-state index contributed by atoms with van der Waals surface area (Å²) in [5.41, 5.74) is 3.29. The average Bonchev–Trinajstić information content (AvgIpc) is 3.17. The molecule has 2 heterocycles. The molecule has 28 heavy (non-hydrogen) atoms. The Bertz CT molecular complexity index is 903. The maximum Gasteiger partial charge on any atom is 0.240 e. The van der Waals surface area contributed by atoms with Gasteiger partial charge < -0.3 is 4.90 Å². The van der Waals surface area contributed by atoms with Crippen molar-refractivity contribution in [2.45, 2.75) is 31.7 Å². The van der Waals surface area contributed by atoms with Crippen molar-refractivity contribution in [2.24, 2.45) is 0 Å². The van der Waals surface area contributed by atoms with E-state index in [0.717, 1.165) is 30.8 Å². The molecule has 0 atom stereocenters. The van der Waals surface area contributed by atoms with Gasteiger partial charge in [0.15, 0.2) is 0 Å². The number of aryl methyl sites for hydroxylation is 2. The van der Waals surface area contributed by atoms with Crippen molar-refractivity contribution in [3.63, 3.8) is 0 Å². The van der Waals surface area contributed by atoms with Crippen LogP contribution in [-0.4, -0.2) is 56.8 Å². The summed E-state index contributed by atoms with van der Waals surface area (Å²) in [6, 6.07) is 7.18. The molecule has 0 spiro atoms. The number of piperazine rings is 1. The number of amides is 1. The van der Waals surface area contributed by atoms with Crippen molar-refractivity contribution >= 4 is 27.3 Å². The highest BCUT2D eigenvalue weighted by atomic mass is 32.2. The molecule has 1 amide bonds. The summed E-state index contributed by atoms with van der Waals surface area (Å²) in [7, 11) is -3.59. The van der Waals surface area contributed by atoms with Crippen LogP contribution in [0.15, 0.2) is 39.9 Å². The van der Waals surface area contributed by atoms with Crippen LogP contribution in [0.5, 0.6) is 0 Å². The van der Waals surface area contributed by atoms with Crippen molar-refractivity contribution in [3.05, 3.63) is 51.7 Å². The Morgan fingerprint density at radius 1 is 1.11 bits per heavy atom. The van der Waals surface area contributed by atoms with E-state index >= 15 is 0 Å². The number of nitrogens with zero attached hydrogens (tertiary/aromatic N) is 2. The molecule has 1 fully saturated rings. The summed E-state index contributed by atoms with van der Waals surface area (Å²) in [6.07, 6.45) is 0.175. The molecule has 2 aromatic rings. The molecule has 1 aliphatic rings. The van der Waals surface area contributed by atoms with Crippen LogP contribution in [0.2, 0.25) is 0 Å². The Morgan fingerprint density at radius 3 is 2.50 bits per heavy atom. The third-order valence-electron chi connectivity index (χ3n) is 5.13. The van der Waals surface area contributed by atoms with E-state index in [0.29, 0.717) is 13.1 Å². The summed E-state index contributed by atoms with van der Waals surface area (Å²) in [5.74, 6) is -0.00188. The van der Waals surface area contributed by atoms with E-state index in [1.54, 1.807) is 29.5 Å². The van der Waals surface area contributed by atoms with Gasteiger partial charge in [0.2, 0.25) is 15.9 Å². The standard InChI is InChI=1S/C20H27N3O3S2/c1-16-3-4-19(13-17(16)2)28(25,26)21-7-5-20(24)23-10-8-22(9-11-23)14-18-6-12-27-15-18/h3-4,6,12-13,15,21H,5,7-11,14H2,1-2H3. The maximum absolute atomic E-state index is 12.4. The SMILES string of the molecule is Cc1ccc(S(=O)(=O)NCCC(=O)N2CCN(Cc3ccsc3)CC2)cc1C. The number of benzene rings is 1. The predicted molar refractivity (Wildman–Crippen MR) is 112 cm³/mol. The van der Waals surface area contributed by atoms with Crippen LogP contribution in [0.1, 0.15) is 23.1 Å². The number of hydrogen-bond acceptors (Lipinski definition) is 5. The number of sulfonamides is 1. The molecule has 0 radical (unpaired) electrons. The molecule has 0 bridgehead atoms. The Kier molecular flexibility index (Phi) is 6.87. The molecule has 3 rings (SSSR count). The number of thiophene rings is 1. The van der Waals surface area contributed by atoms with E-state index in [9.17, 15) is 13.2 Å². The first kappa shape index (κ1) is 21.0. The van der Waals surface area contributed by atoms with Crippen LogP contribution in [-0.2, 0) is 21.4 Å². The molecule has 6 nitrogen and oxygen atoms in total. The second kappa shape index (κ2) is 9.17. The van der Waals surface area contributed by atoms with E-state index in [2.05, 4.69) is 26.4 Å². The fraction of sp³-hybridized carbons (Fsp3) is 0.450. The number of carbonyl (C=O) groups is 1. The van der Waals surface area contributed by atoms with Gasteiger partial charge in [-0.3, -0.25) is 9.69 Å². The minimum absolute atomic E-state index is 0.00188. The van der Waals surface area contributed by atoms with Gasteiger partial charge in [-0.1, -0.05) is 6.07 Å². The number of nitrogens with one attached hydrogen (secondary N) is 1. The molecule has 1 aliphatic heterocycles. The molecule has 1 saturated heterocycles. The first-order valence-corrected chi connectivity index (χ1v) is 11.9.